The quantitative estimate of drug-likeness (QED) is 0.758. The number of carbonyl (C=O) groups is 1. The predicted octanol–water partition coefficient (Wildman–Crippen LogP) is 4.25. The summed E-state index contributed by atoms with van der Waals surface area (Å²) in [5, 5.41) is 3.55. The fraction of sp³-hybridized carbons (Fsp3) is 0. The minimum Gasteiger partial charge on any atom is -0.396 e. The highest BCUT2D eigenvalue weighted by molar-refractivity contribution is 7.20. The normalized spacial score (nSPS) is 10.3. The second-order valence-corrected chi connectivity index (χ2v) is 5.63. The molecule has 0 saturated heterocycles. The van der Waals surface area contributed by atoms with Gasteiger partial charge >= 0.3 is 0 Å². The molecule has 3 N–H and O–H groups in total. The highest BCUT2D eigenvalue weighted by atomic mass is 32.1. The Kier molecular flexibility index (Phi) is 3.71. The molecule has 3 nitrogen and oxygen atoms in total. The summed E-state index contributed by atoms with van der Waals surface area (Å²) in [6.45, 7) is 0. The van der Waals surface area contributed by atoms with Crippen molar-refractivity contribution < 1.29 is 4.79 Å². The van der Waals surface area contributed by atoms with Gasteiger partial charge in [0, 0.05) is 10.4 Å². The molecule has 0 atom stereocenters. The molecule has 0 fully saturated rings. The Balaban J connectivity index is 1.84. The molecule has 21 heavy (non-hydrogen) atoms. The molecule has 1 heterocycles. The Hall–Kier alpha value is -2.59. The van der Waals surface area contributed by atoms with E-state index in [0.717, 1.165) is 10.4 Å². The lowest BCUT2D eigenvalue weighted by molar-refractivity contribution is 0.102. The number of thiophene rings is 1. The molecule has 0 aliphatic heterocycles. The van der Waals surface area contributed by atoms with Crippen molar-refractivity contribution in [1.29, 1.82) is 0 Å². The molecule has 0 radical (unpaired) electrons. The number of nitrogen functional groups attached to an aromatic ring is 1. The van der Waals surface area contributed by atoms with Crippen molar-refractivity contribution in [2.45, 2.75) is 0 Å². The number of hydrogen-bond donors (Lipinski definition) is 2. The van der Waals surface area contributed by atoms with E-state index in [0.29, 0.717) is 16.3 Å². The van der Waals surface area contributed by atoms with Gasteiger partial charge in [0.05, 0.1) is 5.69 Å². The molecule has 3 rings (SSSR count). The second kappa shape index (κ2) is 5.81. The average Bonchev–Trinajstić information content (AvgIpc) is 2.90. The number of rotatable bonds is 3. The lowest BCUT2D eigenvalue weighted by Gasteiger charge is -2.03. The lowest BCUT2D eigenvalue weighted by Crippen LogP contribution is -2.11. The zero-order chi connectivity index (χ0) is 14.7. The fourth-order valence-corrected chi connectivity index (χ4v) is 2.99. The smallest absolute Gasteiger partial charge is 0.256 e. The molecule has 0 saturated carbocycles. The van der Waals surface area contributed by atoms with Crippen LogP contribution >= 0.6 is 11.3 Å². The number of amides is 1. The maximum Gasteiger partial charge on any atom is 0.256 e. The Labute approximate surface area is 127 Å². The lowest BCUT2D eigenvalue weighted by atomic mass is 10.2. The molecule has 1 aromatic heterocycles. The van der Waals surface area contributed by atoms with Crippen LogP contribution < -0.4 is 11.1 Å². The molecule has 3 aromatic rings. The minimum absolute atomic E-state index is 0.149. The summed E-state index contributed by atoms with van der Waals surface area (Å²) in [6, 6.07) is 21.0. The molecule has 104 valence electrons. The fourth-order valence-electron chi connectivity index (χ4n) is 2.01. The van der Waals surface area contributed by atoms with E-state index < -0.39 is 0 Å². The monoisotopic (exact) mass is 294 g/mol. The first-order chi connectivity index (χ1) is 10.2. The van der Waals surface area contributed by atoms with E-state index in [-0.39, 0.29) is 5.91 Å². The van der Waals surface area contributed by atoms with Crippen LogP contribution in [0.25, 0.3) is 10.4 Å². The predicted molar refractivity (Wildman–Crippen MR) is 88.6 cm³/mol. The van der Waals surface area contributed by atoms with E-state index in [2.05, 4.69) is 5.32 Å². The maximum absolute atomic E-state index is 12.2. The highest BCUT2D eigenvalue weighted by Crippen LogP contribution is 2.37. The molecule has 2 aromatic carbocycles. The number of carbonyl (C=O) groups excluding carboxylic acids is 1. The topological polar surface area (TPSA) is 55.1 Å². The zero-order valence-electron chi connectivity index (χ0n) is 11.2. The number of hydrogen-bond acceptors (Lipinski definition) is 3. The Bertz CT molecular complexity index is 751. The molecule has 4 heteroatoms. The number of nitrogens with two attached hydrogens (primary N) is 1. The molecule has 0 bridgehead atoms. The molecule has 0 unspecified atom stereocenters. The van der Waals surface area contributed by atoms with Crippen LogP contribution in [0.5, 0.6) is 0 Å². The summed E-state index contributed by atoms with van der Waals surface area (Å²) in [5.41, 5.74) is 8.30. The van der Waals surface area contributed by atoms with E-state index in [1.165, 1.54) is 11.3 Å². The van der Waals surface area contributed by atoms with Gasteiger partial charge in [-0.05, 0) is 23.8 Å². The van der Waals surface area contributed by atoms with Crippen LogP contribution in [0.1, 0.15) is 10.4 Å². The SMILES string of the molecule is Nc1cc(-c2ccccc2)sc1NC(=O)c1ccccc1. The Morgan fingerprint density at radius 1 is 0.952 bits per heavy atom. The molecule has 1 amide bonds. The van der Waals surface area contributed by atoms with Crippen molar-refractivity contribution in [3.05, 3.63) is 72.3 Å². The van der Waals surface area contributed by atoms with Crippen LogP contribution in [-0.2, 0) is 0 Å². The van der Waals surface area contributed by atoms with Crippen molar-refractivity contribution in [2.24, 2.45) is 0 Å². The van der Waals surface area contributed by atoms with Gasteiger partial charge in [-0.15, -0.1) is 11.3 Å². The van der Waals surface area contributed by atoms with Gasteiger partial charge in [-0.2, -0.15) is 0 Å². The first-order valence-electron chi connectivity index (χ1n) is 6.55. The third-order valence-electron chi connectivity index (χ3n) is 3.08. The third kappa shape index (κ3) is 2.95. The van der Waals surface area contributed by atoms with E-state index in [9.17, 15) is 4.79 Å². The van der Waals surface area contributed by atoms with Gasteiger partial charge in [-0.1, -0.05) is 48.5 Å². The zero-order valence-corrected chi connectivity index (χ0v) is 12.1. The van der Waals surface area contributed by atoms with Crippen LogP contribution in [0.2, 0.25) is 0 Å². The standard InChI is InChI=1S/C17H14N2OS/c18-14-11-15(12-7-3-1-4-8-12)21-17(14)19-16(20)13-9-5-2-6-10-13/h1-11H,18H2,(H,19,20). The first-order valence-corrected chi connectivity index (χ1v) is 7.37. The maximum atomic E-state index is 12.2. The number of benzene rings is 2. The minimum atomic E-state index is -0.149. The molecule has 0 aliphatic carbocycles. The van der Waals surface area contributed by atoms with Crippen molar-refractivity contribution in [2.75, 3.05) is 11.1 Å². The summed E-state index contributed by atoms with van der Waals surface area (Å²) >= 11 is 1.48. The van der Waals surface area contributed by atoms with Crippen molar-refractivity contribution >= 4 is 27.9 Å². The average molecular weight is 294 g/mol. The van der Waals surface area contributed by atoms with Crippen LogP contribution in [0, 0.1) is 0 Å². The van der Waals surface area contributed by atoms with Gasteiger partial charge in [-0.25, -0.2) is 0 Å². The molecular weight excluding hydrogens is 280 g/mol. The van der Waals surface area contributed by atoms with Gasteiger partial charge < -0.3 is 11.1 Å². The first kappa shape index (κ1) is 13.4. The van der Waals surface area contributed by atoms with Gasteiger partial charge in [0.15, 0.2) is 0 Å². The van der Waals surface area contributed by atoms with Gasteiger partial charge in [0.25, 0.3) is 5.91 Å². The highest BCUT2D eigenvalue weighted by Gasteiger charge is 2.12. The van der Waals surface area contributed by atoms with E-state index in [4.69, 9.17) is 5.73 Å². The largest absolute Gasteiger partial charge is 0.396 e. The van der Waals surface area contributed by atoms with Crippen LogP contribution in [0.15, 0.2) is 66.7 Å². The van der Waals surface area contributed by atoms with Crippen LogP contribution in [0.3, 0.4) is 0 Å². The van der Waals surface area contributed by atoms with Gasteiger partial charge in [-0.3, -0.25) is 4.79 Å². The van der Waals surface area contributed by atoms with E-state index >= 15 is 0 Å². The van der Waals surface area contributed by atoms with Crippen molar-refractivity contribution in [3.63, 3.8) is 0 Å². The van der Waals surface area contributed by atoms with Crippen molar-refractivity contribution in [1.82, 2.24) is 0 Å². The second-order valence-electron chi connectivity index (χ2n) is 4.58. The van der Waals surface area contributed by atoms with Gasteiger partial charge in [0.1, 0.15) is 5.00 Å². The van der Waals surface area contributed by atoms with Crippen LogP contribution in [-0.4, -0.2) is 5.91 Å². The van der Waals surface area contributed by atoms with Crippen molar-refractivity contribution in [3.8, 4) is 10.4 Å². The Morgan fingerprint density at radius 3 is 2.24 bits per heavy atom. The third-order valence-corrected chi connectivity index (χ3v) is 4.20. The Morgan fingerprint density at radius 2 is 1.57 bits per heavy atom. The van der Waals surface area contributed by atoms with E-state index in [1.54, 1.807) is 12.1 Å². The molecular formula is C17H14N2OS. The molecule has 0 spiro atoms. The summed E-state index contributed by atoms with van der Waals surface area (Å²) in [6.07, 6.45) is 0. The summed E-state index contributed by atoms with van der Waals surface area (Å²) < 4.78 is 0. The summed E-state index contributed by atoms with van der Waals surface area (Å²) in [4.78, 5) is 13.2. The summed E-state index contributed by atoms with van der Waals surface area (Å²) in [7, 11) is 0. The number of anilines is 2. The van der Waals surface area contributed by atoms with E-state index in [1.807, 2.05) is 54.6 Å². The number of nitrogens with one attached hydrogen (secondary N) is 1. The molecule has 0 aliphatic rings. The summed E-state index contributed by atoms with van der Waals surface area (Å²) in [5.74, 6) is -0.149. The van der Waals surface area contributed by atoms with Crippen LogP contribution in [0.4, 0.5) is 10.7 Å². The van der Waals surface area contributed by atoms with Gasteiger partial charge in [0.2, 0.25) is 0 Å².